The van der Waals surface area contributed by atoms with Gasteiger partial charge < -0.3 is 10.1 Å². The molecule has 1 amide bonds. The lowest BCUT2D eigenvalue weighted by Crippen LogP contribution is -2.34. The molecule has 32 heavy (non-hydrogen) atoms. The number of nitrogens with one attached hydrogen (secondary N) is 1. The minimum absolute atomic E-state index is 0.102. The Bertz CT molecular complexity index is 1280. The summed E-state index contributed by atoms with van der Waals surface area (Å²) in [5.74, 6) is 0.844. The molecular formula is C22H23N7O3. The van der Waals surface area contributed by atoms with Gasteiger partial charge >= 0.3 is 0 Å². The lowest BCUT2D eigenvalue weighted by Gasteiger charge is -2.10. The Hall–Kier alpha value is -4.08. The molecule has 0 aliphatic carbocycles. The fourth-order valence-corrected chi connectivity index (χ4v) is 3.05. The highest BCUT2D eigenvalue weighted by Gasteiger charge is 2.11. The summed E-state index contributed by atoms with van der Waals surface area (Å²) in [4.78, 5) is 28.5. The summed E-state index contributed by atoms with van der Waals surface area (Å²) in [5.41, 5.74) is 1.94. The van der Waals surface area contributed by atoms with Crippen LogP contribution in [0.4, 0.5) is 0 Å². The highest BCUT2D eigenvalue weighted by molar-refractivity contribution is 5.75. The first kappa shape index (κ1) is 21.2. The van der Waals surface area contributed by atoms with E-state index in [0.717, 1.165) is 5.56 Å². The Morgan fingerprint density at radius 2 is 1.94 bits per heavy atom. The van der Waals surface area contributed by atoms with Crippen LogP contribution in [0.5, 0.6) is 5.88 Å². The number of ether oxygens (including phenoxy) is 1. The summed E-state index contributed by atoms with van der Waals surface area (Å²) < 4.78 is 8.54. The van der Waals surface area contributed by atoms with E-state index in [4.69, 9.17) is 4.74 Å². The molecule has 0 bridgehead atoms. The Morgan fingerprint density at radius 3 is 2.69 bits per heavy atom. The van der Waals surface area contributed by atoms with Crippen molar-refractivity contribution in [3.05, 3.63) is 70.9 Å². The molecule has 164 valence electrons. The number of hydrogen-bond donors (Lipinski definition) is 1. The van der Waals surface area contributed by atoms with Crippen LogP contribution >= 0.6 is 0 Å². The molecule has 3 heterocycles. The molecule has 3 aromatic heterocycles. The van der Waals surface area contributed by atoms with Gasteiger partial charge in [0.25, 0.3) is 5.56 Å². The average molecular weight is 433 g/mol. The van der Waals surface area contributed by atoms with Crippen LogP contribution in [-0.4, -0.2) is 48.4 Å². The Kier molecular flexibility index (Phi) is 6.20. The molecule has 0 spiro atoms. The normalized spacial score (nSPS) is 11.1. The van der Waals surface area contributed by atoms with Gasteiger partial charge in [0.15, 0.2) is 11.5 Å². The largest absolute Gasteiger partial charge is 0.475 e. The zero-order valence-electron chi connectivity index (χ0n) is 17.8. The number of carbonyl (C=O) groups excluding carboxylic acids is 1. The number of hydrogen-bond acceptors (Lipinski definition) is 7. The topological polar surface area (TPSA) is 116 Å². The van der Waals surface area contributed by atoms with Crippen molar-refractivity contribution in [1.82, 2.24) is 34.7 Å². The standard InChI is InChI=1S/C22H23N7O3/c1-15(2)17-12-21(31)28(14-24-17)13-19(30)23-10-11-32-20-9-8-18-25-26-22(29(18)27-20)16-6-4-3-5-7-16/h3-9,12,14-15H,10-11,13H2,1-2H3,(H,23,30). The summed E-state index contributed by atoms with van der Waals surface area (Å²) in [6.07, 6.45) is 1.40. The van der Waals surface area contributed by atoms with Crippen LogP contribution in [0.3, 0.4) is 0 Å². The molecule has 4 aromatic rings. The third-order valence-corrected chi connectivity index (χ3v) is 4.75. The van der Waals surface area contributed by atoms with E-state index in [1.165, 1.54) is 17.0 Å². The van der Waals surface area contributed by atoms with Gasteiger partial charge in [0, 0.05) is 17.7 Å². The van der Waals surface area contributed by atoms with Crippen LogP contribution in [0, 0.1) is 0 Å². The SMILES string of the molecule is CC(C)c1cc(=O)n(CC(=O)NCCOc2ccc3nnc(-c4ccccc4)n3n2)cn1. The van der Waals surface area contributed by atoms with Gasteiger partial charge in [-0.2, -0.15) is 4.52 Å². The van der Waals surface area contributed by atoms with E-state index in [0.29, 0.717) is 23.0 Å². The number of fused-ring (bicyclic) bond motifs is 1. The second kappa shape index (κ2) is 9.38. The minimum atomic E-state index is -0.302. The highest BCUT2D eigenvalue weighted by Crippen LogP contribution is 2.18. The molecule has 0 saturated carbocycles. The van der Waals surface area contributed by atoms with Crippen molar-refractivity contribution < 1.29 is 9.53 Å². The minimum Gasteiger partial charge on any atom is -0.475 e. The zero-order valence-corrected chi connectivity index (χ0v) is 17.8. The first-order valence-electron chi connectivity index (χ1n) is 10.2. The molecule has 1 N–H and O–H groups in total. The van der Waals surface area contributed by atoms with Gasteiger partial charge in [-0.15, -0.1) is 15.3 Å². The number of benzene rings is 1. The van der Waals surface area contributed by atoms with Crippen molar-refractivity contribution in [3.8, 4) is 17.3 Å². The van der Waals surface area contributed by atoms with Crippen molar-refractivity contribution >= 4 is 11.6 Å². The fourth-order valence-electron chi connectivity index (χ4n) is 3.05. The van der Waals surface area contributed by atoms with Crippen molar-refractivity contribution in [1.29, 1.82) is 0 Å². The van der Waals surface area contributed by atoms with Gasteiger partial charge in [-0.3, -0.25) is 14.2 Å². The summed E-state index contributed by atoms with van der Waals surface area (Å²) in [5, 5.41) is 15.5. The first-order chi connectivity index (χ1) is 15.5. The number of nitrogens with zero attached hydrogens (tertiary/aromatic N) is 6. The van der Waals surface area contributed by atoms with E-state index in [1.54, 1.807) is 16.6 Å². The summed E-state index contributed by atoms with van der Waals surface area (Å²) in [6.45, 7) is 4.29. The molecule has 0 unspecified atom stereocenters. The molecule has 4 rings (SSSR count). The third kappa shape index (κ3) is 4.80. The maximum atomic E-state index is 12.1. The molecule has 10 nitrogen and oxygen atoms in total. The Labute approximate surface area is 183 Å². The molecule has 0 saturated heterocycles. The predicted octanol–water partition coefficient (Wildman–Crippen LogP) is 1.67. The van der Waals surface area contributed by atoms with Crippen molar-refractivity contribution in [2.24, 2.45) is 0 Å². The second-order valence-electron chi connectivity index (χ2n) is 7.46. The molecule has 0 aliphatic heterocycles. The van der Waals surface area contributed by atoms with Crippen LogP contribution in [0.25, 0.3) is 17.0 Å². The summed E-state index contributed by atoms with van der Waals surface area (Å²) in [6, 6.07) is 14.5. The highest BCUT2D eigenvalue weighted by atomic mass is 16.5. The van der Waals surface area contributed by atoms with Gasteiger partial charge in [0.1, 0.15) is 13.2 Å². The van der Waals surface area contributed by atoms with Crippen LogP contribution in [0.2, 0.25) is 0 Å². The Morgan fingerprint density at radius 1 is 1.12 bits per heavy atom. The van der Waals surface area contributed by atoms with E-state index in [1.807, 2.05) is 44.2 Å². The van der Waals surface area contributed by atoms with E-state index in [9.17, 15) is 9.59 Å². The smallest absolute Gasteiger partial charge is 0.254 e. The second-order valence-corrected chi connectivity index (χ2v) is 7.46. The first-order valence-corrected chi connectivity index (χ1v) is 10.2. The van der Waals surface area contributed by atoms with E-state index in [2.05, 4.69) is 25.6 Å². The Balaban J connectivity index is 1.32. The van der Waals surface area contributed by atoms with Gasteiger partial charge in [-0.25, -0.2) is 4.98 Å². The molecule has 0 atom stereocenters. The van der Waals surface area contributed by atoms with Crippen LogP contribution in [0.1, 0.15) is 25.5 Å². The molecule has 0 aliphatic rings. The third-order valence-electron chi connectivity index (χ3n) is 4.75. The maximum absolute atomic E-state index is 12.1. The quantitative estimate of drug-likeness (QED) is 0.420. The van der Waals surface area contributed by atoms with Crippen molar-refractivity contribution in [3.63, 3.8) is 0 Å². The van der Waals surface area contributed by atoms with Gasteiger partial charge in [-0.1, -0.05) is 44.2 Å². The van der Waals surface area contributed by atoms with Crippen LogP contribution in [0.15, 0.2) is 59.7 Å². The molecule has 0 radical (unpaired) electrons. The number of carbonyl (C=O) groups is 1. The van der Waals surface area contributed by atoms with Gasteiger partial charge in [-0.05, 0) is 12.0 Å². The number of amides is 1. The average Bonchev–Trinajstić information content (AvgIpc) is 3.22. The summed E-state index contributed by atoms with van der Waals surface area (Å²) in [7, 11) is 0. The van der Waals surface area contributed by atoms with E-state index in [-0.39, 0.29) is 37.1 Å². The number of rotatable bonds is 8. The summed E-state index contributed by atoms with van der Waals surface area (Å²) >= 11 is 0. The lowest BCUT2D eigenvalue weighted by molar-refractivity contribution is -0.121. The van der Waals surface area contributed by atoms with Crippen molar-refractivity contribution in [2.75, 3.05) is 13.2 Å². The zero-order chi connectivity index (χ0) is 22.5. The molecule has 0 fully saturated rings. The maximum Gasteiger partial charge on any atom is 0.254 e. The molecule has 10 heteroatoms. The van der Waals surface area contributed by atoms with Crippen LogP contribution in [-0.2, 0) is 11.3 Å². The fraction of sp³-hybridized carbons (Fsp3) is 0.273. The van der Waals surface area contributed by atoms with Crippen molar-refractivity contribution in [2.45, 2.75) is 26.3 Å². The van der Waals surface area contributed by atoms with E-state index < -0.39 is 0 Å². The lowest BCUT2D eigenvalue weighted by atomic mass is 10.1. The predicted molar refractivity (Wildman–Crippen MR) is 117 cm³/mol. The molecule has 1 aromatic carbocycles. The number of aromatic nitrogens is 6. The van der Waals surface area contributed by atoms with Gasteiger partial charge in [0.05, 0.1) is 18.6 Å². The van der Waals surface area contributed by atoms with E-state index >= 15 is 0 Å². The van der Waals surface area contributed by atoms with Gasteiger partial charge in [0.2, 0.25) is 11.8 Å². The molecular weight excluding hydrogens is 410 g/mol. The van der Waals surface area contributed by atoms with Crippen LogP contribution < -0.4 is 15.6 Å². The monoisotopic (exact) mass is 433 g/mol.